The summed E-state index contributed by atoms with van der Waals surface area (Å²) in [4.78, 5) is 20.0. The third-order valence-corrected chi connectivity index (χ3v) is 5.89. The summed E-state index contributed by atoms with van der Waals surface area (Å²) in [5.74, 6) is 0.911. The van der Waals surface area contributed by atoms with Gasteiger partial charge in [-0.3, -0.25) is 9.69 Å². The zero-order chi connectivity index (χ0) is 18.1. The second-order valence-electron chi connectivity index (χ2n) is 6.54. The van der Waals surface area contributed by atoms with Crippen LogP contribution in [0.2, 0.25) is 0 Å². The van der Waals surface area contributed by atoms with Crippen LogP contribution >= 0.6 is 11.3 Å². The first kappa shape index (κ1) is 17.2. The maximum atomic E-state index is 12.3. The average molecular weight is 370 g/mol. The summed E-state index contributed by atoms with van der Waals surface area (Å²) in [6.45, 7) is 4.64. The summed E-state index contributed by atoms with van der Waals surface area (Å²) in [6, 6.07) is 7.95. The quantitative estimate of drug-likeness (QED) is 0.705. The van der Waals surface area contributed by atoms with E-state index in [-0.39, 0.29) is 5.56 Å². The number of ether oxygens (including phenoxy) is 1. The van der Waals surface area contributed by atoms with Gasteiger partial charge in [0.2, 0.25) is 4.96 Å². The Morgan fingerprint density at radius 1 is 1.19 bits per heavy atom. The van der Waals surface area contributed by atoms with E-state index in [2.05, 4.69) is 27.1 Å². The highest BCUT2D eigenvalue weighted by molar-refractivity contribution is 7.16. The molecule has 0 saturated heterocycles. The molecule has 0 unspecified atom stereocenters. The molecule has 0 amide bonds. The van der Waals surface area contributed by atoms with Crippen LogP contribution in [0, 0.1) is 0 Å². The van der Waals surface area contributed by atoms with E-state index in [1.54, 1.807) is 13.2 Å². The van der Waals surface area contributed by atoms with Crippen molar-refractivity contribution in [2.75, 3.05) is 20.2 Å². The molecule has 0 atom stereocenters. The Hall–Kier alpha value is -2.25. The minimum absolute atomic E-state index is 0.0937. The number of aromatic nitrogens is 3. The predicted molar refractivity (Wildman–Crippen MR) is 102 cm³/mol. The van der Waals surface area contributed by atoms with Crippen LogP contribution in [0.1, 0.15) is 28.8 Å². The van der Waals surface area contributed by atoms with Gasteiger partial charge >= 0.3 is 0 Å². The van der Waals surface area contributed by atoms with E-state index in [4.69, 9.17) is 4.74 Å². The Bertz CT molecular complexity index is 995. The van der Waals surface area contributed by atoms with Crippen LogP contribution < -0.4 is 10.3 Å². The first-order valence-electron chi connectivity index (χ1n) is 8.93. The number of rotatable bonds is 4. The van der Waals surface area contributed by atoms with Gasteiger partial charge in [0.25, 0.3) is 5.56 Å². The molecule has 0 N–H and O–H groups in total. The van der Waals surface area contributed by atoms with Gasteiger partial charge in [0.1, 0.15) is 10.8 Å². The molecular weight excluding hydrogens is 348 g/mol. The molecule has 0 bridgehead atoms. The maximum Gasteiger partial charge on any atom is 0.275 e. The summed E-state index contributed by atoms with van der Waals surface area (Å²) < 4.78 is 6.76. The lowest BCUT2D eigenvalue weighted by Gasteiger charge is -2.18. The molecule has 26 heavy (non-hydrogen) atoms. The zero-order valence-corrected chi connectivity index (χ0v) is 15.9. The van der Waals surface area contributed by atoms with Crippen molar-refractivity contribution < 1.29 is 4.74 Å². The number of nitrogens with zero attached hydrogens (tertiary/aromatic N) is 4. The van der Waals surface area contributed by atoms with Gasteiger partial charge in [0.05, 0.1) is 12.8 Å². The fraction of sp³-hybridized carbons (Fsp3) is 0.421. The van der Waals surface area contributed by atoms with E-state index < -0.39 is 0 Å². The third kappa shape index (κ3) is 3.37. The summed E-state index contributed by atoms with van der Waals surface area (Å²) >= 11 is 1.49. The van der Waals surface area contributed by atoms with Gasteiger partial charge in [-0.25, -0.2) is 4.98 Å². The fourth-order valence-corrected chi connectivity index (χ4v) is 4.24. The Balaban J connectivity index is 1.53. The van der Waals surface area contributed by atoms with Crippen LogP contribution in [0.15, 0.2) is 29.1 Å². The Morgan fingerprint density at radius 3 is 2.77 bits per heavy atom. The SMILES string of the molecule is CCc1nn2c(=O)cc(CN3CCc4ccc(OC)cc4CC3)nc2s1. The number of methoxy groups -OCH3 is 1. The summed E-state index contributed by atoms with van der Waals surface area (Å²) in [5, 5.41) is 5.25. The molecule has 1 aliphatic heterocycles. The minimum atomic E-state index is -0.0937. The number of benzene rings is 1. The van der Waals surface area contributed by atoms with E-state index in [0.717, 1.165) is 48.8 Å². The van der Waals surface area contributed by atoms with E-state index in [9.17, 15) is 4.79 Å². The van der Waals surface area contributed by atoms with Crippen molar-refractivity contribution in [3.05, 3.63) is 56.4 Å². The molecule has 136 valence electrons. The second-order valence-corrected chi connectivity index (χ2v) is 7.58. The molecule has 4 rings (SSSR count). The lowest BCUT2D eigenvalue weighted by Crippen LogP contribution is -2.27. The molecule has 0 saturated carbocycles. The molecule has 1 aromatic carbocycles. The smallest absolute Gasteiger partial charge is 0.275 e. The number of hydrogen-bond acceptors (Lipinski definition) is 6. The van der Waals surface area contributed by atoms with Crippen LogP contribution in [0.3, 0.4) is 0 Å². The first-order chi connectivity index (χ1) is 12.7. The van der Waals surface area contributed by atoms with E-state index >= 15 is 0 Å². The topological polar surface area (TPSA) is 59.7 Å². The molecule has 1 aliphatic rings. The van der Waals surface area contributed by atoms with Gasteiger partial charge in [0, 0.05) is 25.7 Å². The zero-order valence-electron chi connectivity index (χ0n) is 15.1. The largest absolute Gasteiger partial charge is 0.497 e. The van der Waals surface area contributed by atoms with E-state index in [1.807, 2.05) is 13.0 Å². The first-order valence-corrected chi connectivity index (χ1v) is 9.74. The Labute approximate surface area is 156 Å². The number of fused-ring (bicyclic) bond motifs is 2. The van der Waals surface area contributed by atoms with Crippen LogP contribution in [0.4, 0.5) is 0 Å². The van der Waals surface area contributed by atoms with Crippen molar-refractivity contribution in [3.63, 3.8) is 0 Å². The van der Waals surface area contributed by atoms with Crippen molar-refractivity contribution in [3.8, 4) is 5.75 Å². The number of hydrogen-bond donors (Lipinski definition) is 0. The van der Waals surface area contributed by atoms with Gasteiger partial charge < -0.3 is 4.74 Å². The van der Waals surface area contributed by atoms with Gasteiger partial charge in [-0.05, 0) is 42.5 Å². The van der Waals surface area contributed by atoms with Crippen molar-refractivity contribution in [1.82, 2.24) is 19.5 Å². The van der Waals surface area contributed by atoms with E-state index in [0.29, 0.717) is 11.5 Å². The summed E-state index contributed by atoms with van der Waals surface area (Å²) in [5.41, 5.74) is 3.46. The Morgan fingerprint density at radius 2 is 2.00 bits per heavy atom. The Kier molecular flexibility index (Phi) is 4.74. The van der Waals surface area contributed by atoms with Gasteiger partial charge in [-0.15, -0.1) is 0 Å². The highest BCUT2D eigenvalue weighted by Crippen LogP contribution is 2.22. The summed E-state index contributed by atoms with van der Waals surface area (Å²) in [6.07, 6.45) is 2.80. The third-order valence-electron chi connectivity index (χ3n) is 4.84. The van der Waals surface area contributed by atoms with Crippen LogP contribution in [0.25, 0.3) is 4.96 Å². The molecule has 7 heteroatoms. The number of aryl methyl sites for hydroxylation is 1. The highest BCUT2D eigenvalue weighted by atomic mass is 32.1. The standard InChI is InChI=1S/C19H22N4O2S/c1-3-17-21-23-18(24)11-15(20-19(23)26-17)12-22-8-6-13-4-5-16(25-2)10-14(13)7-9-22/h4-5,10-11H,3,6-9,12H2,1-2H3. The fourth-order valence-electron chi connectivity index (χ4n) is 3.38. The molecule has 0 aliphatic carbocycles. The monoisotopic (exact) mass is 370 g/mol. The average Bonchev–Trinajstić information content (AvgIpc) is 2.98. The van der Waals surface area contributed by atoms with E-state index in [1.165, 1.54) is 27.0 Å². The highest BCUT2D eigenvalue weighted by Gasteiger charge is 2.16. The second kappa shape index (κ2) is 7.17. The lowest BCUT2D eigenvalue weighted by atomic mass is 10.0. The lowest BCUT2D eigenvalue weighted by molar-refractivity contribution is 0.276. The van der Waals surface area contributed by atoms with Crippen molar-refractivity contribution >= 4 is 16.3 Å². The van der Waals surface area contributed by atoms with Gasteiger partial charge in [-0.2, -0.15) is 9.61 Å². The molecule has 3 heterocycles. The van der Waals surface area contributed by atoms with Crippen LogP contribution in [0.5, 0.6) is 5.75 Å². The minimum Gasteiger partial charge on any atom is -0.497 e. The van der Waals surface area contributed by atoms with Crippen LogP contribution in [-0.2, 0) is 25.8 Å². The maximum absolute atomic E-state index is 12.3. The molecule has 2 aromatic heterocycles. The van der Waals surface area contributed by atoms with Crippen LogP contribution in [-0.4, -0.2) is 39.7 Å². The molecular formula is C19H22N4O2S. The predicted octanol–water partition coefficient (Wildman–Crippen LogP) is 2.32. The molecule has 0 fully saturated rings. The normalized spacial score (nSPS) is 15.0. The van der Waals surface area contributed by atoms with Crippen molar-refractivity contribution in [2.45, 2.75) is 32.7 Å². The molecule has 0 spiro atoms. The van der Waals surface area contributed by atoms with Crippen molar-refractivity contribution in [2.24, 2.45) is 0 Å². The molecule has 3 aromatic rings. The molecule has 0 radical (unpaired) electrons. The van der Waals surface area contributed by atoms with Crippen molar-refractivity contribution in [1.29, 1.82) is 0 Å². The summed E-state index contributed by atoms with van der Waals surface area (Å²) in [7, 11) is 1.70. The molecule has 6 nitrogen and oxygen atoms in total. The van der Waals surface area contributed by atoms with Gasteiger partial charge in [0.15, 0.2) is 0 Å². The van der Waals surface area contributed by atoms with Gasteiger partial charge in [-0.1, -0.05) is 24.3 Å².